The molecule has 2 aromatic rings. The molecule has 0 radical (unpaired) electrons. The summed E-state index contributed by atoms with van der Waals surface area (Å²) < 4.78 is 37.0. The molecule has 0 aliphatic carbocycles. The van der Waals surface area contributed by atoms with E-state index in [1.807, 2.05) is 19.9 Å². The maximum atomic E-state index is 12.8. The van der Waals surface area contributed by atoms with Crippen molar-refractivity contribution in [2.24, 2.45) is 0 Å². The highest BCUT2D eigenvalue weighted by atomic mass is 32.2. The Morgan fingerprint density at radius 3 is 2.56 bits per heavy atom. The van der Waals surface area contributed by atoms with E-state index in [-0.39, 0.29) is 12.6 Å². The van der Waals surface area contributed by atoms with Gasteiger partial charge >= 0.3 is 0 Å². The highest BCUT2D eigenvalue weighted by molar-refractivity contribution is 7.92. The lowest BCUT2D eigenvalue weighted by molar-refractivity contribution is -0.122. The molecule has 144 valence electrons. The summed E-state index contributed by atoms with van der Waals surface area (Å²) in [5, 5.41) is 2.78. The van der Waals surface area contributed by atoms with Crippen LogP contribution in [0.2, 0.25) is 0 Å². The molecule has 0 aromatic heterocycles. The minimum Gasteiger partial charge on any atom is -0.489 e. The van der Waals surface area contributed by atoms with Gasteiger partial charge in [-0.25, -0.2) is 8.42 Å². The van der Waals surface area contributed by atoms with E-state index >= 15 is 0 Å². The first kappa shape index (κ1) is 19.0. The standard InChI is InChI=1S/C19H22N2O5S/c1-13(2)25-16-10-6-4-8-14(16)20-19(22)18-12-21(27(3,23)24)15-9-5-7-11-17(15)26-18/h4-11,13,18H,12H2,1-3H3,(H,20,22). The number of para-hydroxylation sites is 4. The molecule has 8 heteroatoms. The van der Waals surface area contributed by atoms with Gasteiger partial charge in [-0.3, -0.25) is 9.10 Å². The second kappa shape index (κ2) is 7.48. The van der Waals surface area contributed by atoms with Gasteiger partial charge in [0.1, 0.15) is 11.5 Å². The highest BCUT2D eigenvalue weighted by Crippen LogP contribution is 2.35. The van der Waals surface area contributed by atoms with Gasteiger partial charge in [0, 0.05) is 0 Å². The molecule has 0 saturated heterocycles. The van der Waals surface area contributed by atoms with Gasteiger partial charge < -0.3 is 14.8 Å². The number of amides is 1. The number of rotatable bonds is 5. The summed E-state index contributed by atoms with van der Waals surface area (Å²) in [7, 11) is -3.55. The van der Waals surface area contributed by atoms with Crippen molar-refractivity contribution in [1.82, 2.24) is 0 Å². The van der Waals surface area contributed by atoms with Crippen LogP contribution in [0.4, 0.5) is 11.4 Å². The molecule has 1 heterocycles. The van der Waals surface area contributed by atoms with Crippen molar-refractivity contribution in [3.05, 3.63) is 48.5 Å². The Morgan fingerprint density at radius 1 is 1.19 bits per heavy atom. The first-order valence-electron chi connectivity index (χ1n) is 8.55. The molecule has 27 heavy (non-hydrogen) atoms. The third-order valence-corrected chi connectivity index (χ3v) is 5.08. The summed E-state index contributed by atoms with van der Waals surface area (Å²) in [6.45, 7) is 3.68. The molecule has 0 bridgehead atoms. The van der Waals surface area contributed by atoms with Gasteiger partial charge in [0.2, 0.25) is 10.0 Å². The van der Waals surface area contributed by atoms with Crippen molar-refractivity contribution in [2.75, 3.05) is 22.4 Å². The Balaban J connectivity index is 1.85. The van der Waals surface area contributed by atoms with Gasteiger partial charge in [0.15, 0.2) is 6.10 Å². The van der Waals surface area contributed by atoms with Crippen LogP contribution in [0, 0.1) is 0 Å². The van der Waals surface area contributed by atoms with Crippen LogP contribution in [0.1, 0.15) is 13.8 Å². The van der Waals surface area contributed by atoms with Crippen molar-refractivity contribution in [3.8, 4) is 11.5 Å². The van der Waals surface area contributed by atoms with Gasteiger partial charge in [-0.15, -0.1) is 0 Å². The Labute approximate surface area is 158 Å². The van der Waals surface area contributed by atoms with Crippen molar-refractivity contribution < 1.29 is 22.7 Å². The second-order valence-electron chi connectivity index (χ2n) is 6.52. The Hall–Kier alpha value is -2.74. The molecule has 1 amide bonds. The molecule has 0 spiro atoms. The minimum absolute atomic E-state index is 0.0541. The smallest absolute Gasteiger partial charge is 0.267 e. The van der Waals surface area contributed by atoms with Crippen LogP contribution in [0.3, 0.4) is 0 Å². The van der Waals surface area contributed by atoms with E-state index in [1.54, 1.807) is 42.5 Å². The predicted octanol–water partition coefficient (Wildman–Crippen LogP) is 2.64. The van der Waals surface area contributed by atoms with Gasteiger partial charge in [-0.1, -0.05) is 24.3 Å². The van der Waals surface area contributed by atoms with Crippen LogP contribution >= 0.6 is 0 Å². The molecular formula is C19H22N2O5S. The Kier molecular flexibility index (Phi) is 5.27. The average molecular weight is 390 g/mol. The van der Waals surface area contributed by atoms with E-state index in [4.69, 9.17) is 9.47 Å². The number of nitrogens with one attached hydrogen (secondary N) is 1. The first-order chi connectivity index (χ1) is 12.8. The highest BCUT2D eigenvalue weighted by Gasteiger charge is 2.35. The molecule has 0 fully saturated rings. The number of sulfonamides is 1. The van der Waals surface area contributed by atoms with Crippen LogP contribution in [-0.2, 0) is 14.8 Å². The number of anilines is 2. The van der Waals surface area contributed by atoms with Crippen LogP contribution < -0.4 is 19.1 Å². The van der Waals surface area contributed by atoms with E-state index in [0.717, 1.165) is 6.26 Å². The molecule has 3 rings (SSSR count). The fourth-order valence-electron chi connectivity index (χ4n) is 2.79. The molecule has 1 N–H and O–H groups in total. The van der Waals surface area contributed by atoms with Gasteiger partial charge in [0.05, 0.1) is 30.3 Å². The molecule has 1 atom stereocenters. The topological polar surface area (TPSA) is 84.9 Å². The number of benzene rings is 2. The van der Waals surface area contributed by atoms with Crippen LogP contribution in [0.25, 0.3) is 0 Å². The number of carbonyl (C=O) groups is 1. The number of carbonyl (C=O) groups excluding carboxylic acids is 1. The van der Waals surface area contributed by atoms with Crippen molar-refractivity contribution >= 4 is 27.3 Å². The van der Waals surface area contributed by atoms with Crippen molar-refractivity contribution in [3.63, 3.8) is 0 Å². The number of hydrogen-bond acceptors (Lipinski definition) is 5. The van der Waals surface area contributed by atoms with Crippen molar-refractivity contribution in [1.29, 1.82) is 0 Å². The zero-order chi connectivity index (χ0) is 19.6. The molecule has 0 saturated carbocycles. The SMILES string of the molecule is CC(C)Oc1ccccc1NC(=O)C1CN(S(C)(=O)=O)c2ccccc2O1. The van der Waals surface area contributed by atoms with E-state index in [2.05, 4.69) is 5.32 Å². The fourth-order valence-corrected chi connectivity index (χ4v) is 3.71. The number of hydrogen-bond donors (Lipinski definition) is 1. The van der Waals surface area contributed by atoms with E-state index < -0.39 is 22.0 Å². The largest absolute Gasteiger partial charge is 0.489 e. The normalized spacial score (nSPS) is 16.4. The molecule has 7 nitrogen and oxygen atoms in total. The summed E-state index contributed by atoms with van der Waals surface area (Å²) in [4.78, 5) is 12.8. The summed E-state index contributed by atoms with van der Waals surface area (Å²) in [6, 6.07) is 13.8. The van der Waals surface area contributed by atoms with Gasteiger partial charge in [0.25, 0.3) is 5.91 Å². The predicted molar refractivity (Wildman–Crippen MR) is 104 cm³/mol. The lowest BCUT2D eigenvalue weighted by atomic mass is 10.2. The Morgan fingerprint density at radius 2 is 1.85 bits per heavy atom. The van der Waals surface area contributed by atoms with E-state index in [9.17, 15) is 13.2 Å². The summed E-state index contributed by atoms with van der Waals surface area (Å²) in [5.74, 6) is 0.441. The van der Waals surface area contributed by atoms with Crippen LogP contribution in [-0.4, -0.2) is 39.3 Å². The maximum absolute atomic E-state index is 12.8. The number of ether oxygens (including phenoxy) is 2. The third kappa shape index (κ3) is 4.33. The quantitative estimate of drug-likeness (QED) is 0.848. The molecule has 1 aliphatic rings. The molecule has 1 unspecified atom stereocenters. The van der Waals surface area contributed by atoms with Gasteiger partial charge in [-0.05, 0) is 38.1 Å². The van der Waals surface area contributed by atoms with E-state index in [0.29, 0.717) is 22.9 Å². The zero-order valence-corrected chi connectivity index (χ0v) is 16.2. The fraction of sp³-hybridized carbons (Fsp3) is 0.316. The van der Waals surface area contributed by atoms with Crippen LogP contribution in [0.15, 0.2) is 48.5 Å². The lowest BCUT2D eigenvalue weighted by Crippen LogP contribution is -2.48. The average Bonchev–Trinajstić information content (AvgIpc) is 2.61. The summed E-state index contributed by atoms with van der Waals surface area (Å²) in [6.07, 6.45) is 0.0684. The monoisotopic (exact) mass is 390 g/mol. The molecular weight excluding hydrogens is 368 g/mol. The number of nitrogens with zero attached hydrogens (tertiary/aromatic N) is 1. The maximum Gasteiger partial charge on any atom is 0.267 e. The summed E-state index contributed by atoms with van der Waals surface area (Å²) >= 11 is 0. The molecule has 1 aliphatic heterocycles. The lowest BCUT2D eigenvalue weighted by Gasteiger charge is -2.33. The summed E-state index contributed by atoms with van der Waals surface area (Å²) in [5.41, 5.74) is 0.928. The first-order valence-corrected chi connectivity index (χ1v) is 10.4. The Bertz CT molecular complexity index is 943. The molecule has 2 aromatic carbocycles. The number of fused-ring (bicyclic) bond motifs is 1. The van der Waals surface area contributed by atoms with Crippen LogP contribution in [0.5, 0.6) is 11.5 Å². The van der Waals surface area contributed by atoms with Crippen molar-refractivity contribution in [2.45, 2.75) is 26.1 Å². The third-order valence-electron chi connectivity index (χ3n) is 3.94. The zero-order valence-electron chi connectivity index (χ0n) is 15.4. The second-order valence-corrected chi connectivity index (χ2v) is 8.43. The minimum atomic E-state index is -3.55. The van der Waals surface area contributed by atoms with Gasteiger partial charge in [-0.2, -0.15) is 0 Å². The van der Waals surface area contributed by atoms with E-state index in [1.165, 1.54) is 4.31 Å².